The van der Waals surface area contributed by atoms with Gasteiger partial charge < -0.3 is 19.9 Å². The first kappa shape index (κ1) is 20.0. The Kier molecular flexibility index (Phi) is 4.78. The molecule has 0 bridgehead atoms. The molecular formula is C22H22N6O4. The lowest BCUT2D eigenvalue weighted by Crippen LogP contribution is -2.34. The van der Waals surface area contributed by atoms with Gasteiger partial charge in [0.2, 0.25) is 0 Å². The van der Waals surface area contributed by atoms with Crippen LogP contribution in [0.1, 0.15) is 28.4 Å². The molecule has 0 spiro atoms. The molecule has 10 nitrogen and oxygen atoms in total. The third kappa shape index (κ3) is 3.65. The number of hydrogen-bond donors (Lipinski definition) is 2. The van der Waals surface area contributed by atoms with Crippen LogP contribution in [0, 0.1) is 0 Å². The fourth-order valence-electron chi connectivity index (χ4n) is 3.73. The van der Waals surface area contributed by atoms with Gasteiger partial charge in [0.05, 0.1) is 24.7 Å². The molecule has 0 saturated carbocycles. The number of fused-ring (bicyclic) bond motifs is 2. The van der Waals surface area contributed by atoms with E-state index in [0.29, 0.717) is 34.8 Å². The van der Waals surface area contributed by atoms with E-state index in [1.807, 2.05) is 26.2 Å². The number of aromatic nitrogens is 5. The van der Waals surface area contributed by atoms with Gasteiger partial charge in [-0.15, -0.1) is 0 Å². The Morgan fingerprint density at radius 2 is 2.22 bits per heavy atom. The highest BCUT2D eigenvalue weighted by Gasteiger charge is 2.35. The molecule has 1 unspecified atom stereocenters. The molecule has 10 heteroatoms. The van der Waals surface area contributed by atoms with Crippen molar-refractivity contribution in [2.75, 3.05) is 11.9 Å². The first-order valence-corrected chi connectivity index (χ1v) is 10.1. The number of benzene rings is 1. The minimum Gasteiger partial charge on any atom is -0.486 e. The maximum Gasteiger partial charge on any atom is 0.261 e. The molecule has 3 aromatic heterocycles. The third-order valence-corrected chi connectivity index (χ3v) is 5.34. The van der Waals surface area contributed by atoms with Crippen LogP contribution >= 0.6 is 0 Å². The van der Waals surface area contributed by atoms with E-state index in [4.69, 9.17) is 9.47 Å². The highest BCUT2D eigenvalue weighted by Crippen LogP contribution is 2.41. The number of ether oxygens (including phenoxy) is 2. The maximum atomic E-state index is 13.1. The summed E-state index contributed by atoms with van der Waals surface area (Å²) < 4.78 is 15.2. The van der Waals surface area contributed by atoms with E-state index >= 15 is 0 Å². The second kappa shape index (κ2) is 7.65. The zero-order valence-corrected chi connectivity index (χ0v) is 17.6. The minimum atomic E-state index is -0.710. The molecule has 0 radical (unpaired) electrons. The molecular weight excluding hydrogens is 412 g/mol. The van der Waals surface area contributed by atoms with Crippen molar-refractivity contribution in [3.63, 3.8) is 0 Å². The SMILES string of the molecule is Cn1cc(COc2cc3c(cc2NC(=O)c2cnn4cccnc24)CC(C)(CO)O3)cn1. The average Bonchev–Trinajstić information content (AvgIpc) is 3.48. The van der Waals surface area contributed by atoms with E-state index in [0.717, 1.165) is 11.1 Å². The number of amides is 1. The molecule has 0 fully saturated rings. The van der Waals surface area contributed by atoms with Crippen LogP contribution in [-0.4, -0.2) is 47.6 Å². The number of nitrogens with zero attached hydrogens (tertiary/aromatic N) is 5. The molecule has 1 atom stereocenters. The Hall–Kier alpha value is -3.92. The monoisotopic (exact) mass is 434 g/mol. The number of aliphatic hydroxyl groups is 1. The normalized spacial score (nSPS) is 17.2. The van der Waals surface area contributed by atoms with Crippen LogP contribution in [0.15, 0.2) is 49.2 Å². The van der Waals surface area contributed by atoms with Gasteiger partial charge in [-0.2, -0.15) is 10.2 Å². The van der Waals surface area contributed by atoms with Crippen LogP contribution in [0.2, 0.25) is 0 Å². The summed E-state index contributed by atoms with van der Waals surface area (Å²) in [4.78, 5) is 17.3. The van der Waals surface area contributed by atoms with Crippen molar-refractivity contribution in [2.45, 2.75) is 25.6 Å². The van der Waals surface area contributed by atoms with Gasteiger partial charge in [0.1, 0.15) is 29.3 Å². The van der Waals surface area contributed by atoms with Crippen LogP contribution in [0.3, 0.4) is 0 Å². The lowest BCUT2D eigenvalue weighted by Gasteiger charge is -2.20. The Morgan fingerprint density at radius 1 is 1.34 bits per heavy atom. The van der Waals surface area contributed by atoms with E-state index < -0.39 is 5.60 Å². The number of nitrogens with one attached hydrogen (secondary N) is 1. The third-order valence-electron chi connectivity index (χ3n) is 5.34. The van der Waals surface area contributed by atoms with Gasteiger partial charge in [-0.3, -0.25) is 9.48 Å². The van der Waals surface area contributed by atoms with Gasteiger partial charge in [-0.05, 0) is 19.1 Å². The zero-order valence-electron chi connectivity index (χ0n) is 17.6. The van der Waals surface area contributed by atoms with E-state index in [-0.39, 0.29) is 19.1 Å². The van der Waals surface area contributed by atoms with Gasteiger partial charge in [-0.25, -0.2) is 9.50 Å². The van der Waals surface area contributed by atoms with Crippen LogP contribution in [0.25, 0.3) is 5.65 Å². The second-order valence-electron chi connectivity index (χ2n) is 8.05. The smallest absolute Gasteiger partial charge is 0.261 e. The van der Waals surface area contributed by atoms with Crippen molar-refractivity contribution < 1.29 is 19.4 Å². The van der Waals surface area contributed by atoms with Crippen molar-refractivity contribution in [2.24, 2.45) is 7.05 Å². The minimum absolute atomic E-state index is 0.122. The Labute approximate surface area is 183 Å². The quantitative estimate of drug-likeness (QED) is 0.477. The molecule has 32 heavy (non-hydrogen) atoms. The number of aryl methyl sites for hydroxylation is 1. The predicted octanol–water partition coefficient (Wildman–Crippen LogP) is 1.98. The summed E-state index contributed by atoms with van der Waals surface area (Å²) in [6.07, 6.45) is 8.91. The lowest BCUT2D eigenvalue weighted by atomic mass is 10.00. The first-order valence-electron chi connectivity index (χ1n) is 10.1. The van der Waals surface area contributed by atoms with Crippen molar-refractivity contribution in [1.29, 1.82) is 0 Å². The van der Waals surface area contributed by atoms with E-state index in [1.165, 1.54) is 10.7 Å². The Bertz CT molecular complexity index is 1310. The lowest BCUT2D eigenvalue weighted by molar-refractivity contribution is 0.0445. The maximum absolute atomic E-state index is 13.1. The summed E-state index contributed by atoms with van der Waals surface area (Å²) in [6.45, 7) is 1.99. The van der Waals surface area contributed by atoms with Crippen molar-refractivity contribution in [3.05, 3.63) is 65.9 Å². The summed E-state index contributed by atoms with van der Waals surface area (Å²) in [5.74, 6) is 0.722. The molecule has 1 amide bonds. The molecule has 2 N–H and O–H groups in total. The predicted molar refractivity (Wildman–Crippen MR) is 115 cm³/mol. The molecule has 5 rings (SSSR count). The number of aliphatic hydroxyl groups excluding tert-OH is 1. The standard InChI is InChI=1S/C22H22N6O4/c1-22(13-29)8-15-6-17(26-21(30)16-10-25-28-5-3-4-23-20(16)28)19(7-18(15)32-22)31-12-14-9-24-27(2)11-14/h3-7,9-11,29H,8,12-13H2,1-2H3,(H,26,30). The first-order chi connectivity index (χ1) is 15.4. The summed E-state index contributed by atoms with van der Waals surface area (Å²) in [5, 5.41) is 21.0. The van der Waals surface area contributed by atoms with Crippen molar-refractivity contribution in [3.8, 4) is 11.5 Å². The highest BCUT2D eigenvalue weighted by molar-refractivity contribution is 6.08. The van der Waals surface area contributed by atoms with E-state index in [2.05, 4.69) is 20.5 Å². The molecule has 0 aliphatic carbocycles. The fraction of sp³-hybridized carbons (Fsp3) is 0.273. The molecule has 1 aromatic carbocycles. The van der Waals surface area contributed by atoms with Gasteiger partial charge in [0.25, 0.3) is 5.91 Å². The zero-order chi connectivity index (χ0) is 22.3. The molecule has 0 saturated heterocycles. The summed E-state index contributed by atoms with van der Waals surface area (Å²) in [7, 11) is 1.83. The number of hydrogen-bond acceptors (Lipinski definition) is 7. The van der Waals surface area contributed by atoms with E-state index in [9.17, 15) is 9.90 Å². The average molecular weight is 434 g/mol. The van der Waals surface area contributed by atoms with Crippen LogP contribution < -0.4 is 14.8 Å². The number of carbonyl (C=O) groups excluding carboxylic acids is 1. The van der Waals surface area contributed by atoms with Crippen LogP contribution in [0.5, 0.6) is 11.5 Å². The van der Waals surface area contributed by atoms with Crippen LogP contribution in [0.4, 0.5) is 5.69 Å². The second-order valence-corrected chi connectivity index (χ2v) is 8.05. The van der Waals surface area contributed by atoms with E-state index in [1.54, 1.807) is 35.4 Å². The molecule has 4 aromatic rings. The number of anilines is 1. The summed E-state index contributed by atoms with van der Waals surface area (Å²) in [5.41, 5.74) is 2.36. The Morgan fingerprint density at radius 3 is 3.00 bits per heavy atom. The van der Waals surface area contributed by atoms with Gasteiger partial charge >= 0.3 is 0 Å². The van der Waals surface area contributed by atoms with Crippen molar-refractivity contribution in [1.82, 2.24) is 24.4 Å². The molecule has 1 aliphatic heterocycles. The van der Waals surface area contributed by atoms with Crippen LogP contribution in [-0.2, 0) is 20.1 Å². The Balaban J connectivity index is 1.46. The highest BCUT2D eigenvalue weighted by atomic mass is 16.5. The largest absolute Gasteiger partial charge is 0.486 e. The molecule has 1 aliphatic rings. The summed E-state index contributed by atoms with van der Waals surface area (Å²) >= 11 is 0. The van der Waals surface area contributed by atoms with Crippen molar-refractivity contribution >= 4 is 17.2 Å². The number of carbonyl (C=O) groups is 1. The fourth-order valence-corrected chi connectivity index (χ4v) is 3.73. The van der Waals surface area contributed by atoms with Gasteiger partial charge in [0.15, 0.2) is 5.65 Å². The molecule has 4 heterocycles. The van der Waals surface area contributed by atoms with Gasteiger partial charge in [0, 0.05) is 49.3 Å². The van der Waals surface area contributed by atoms with Gasteiger partial charge in [-0.1, -0.05) is 0 Å². The molecule has 164 valence electrons. The number of rotatable bonds is 6. The topological polar surface area (TPSA) is 116 Å². The summed E-state index contributed by atoms with van der Waals surface area (Å²) in [6, 6.07) is 5.31.